The number of piperazine rings is 1. The van der Waals surface area contributed by atoms with Crippen molar-refractivity contribution in [3.8, 4) is 22.5 Å². The van der Waals surface area contributed by atoms with Crippen LogP contribution in [0.15, 0.2) is 122 Å². The number of aromatic nitrogens is 5. The van der Waals surface area contributed by atoms with Gasteiger partial charge < -0.3 is 15.2 Å². The first-order chi connectivity index (χ1) is 31.2. The molecule has 0 unspecified atom stereocenters. The van der Waals surface area contributed by atoms with E-state index in [4.69, 9.17) is 9.97 Å². The number of H-pyrrole nitrogens is 1. The highest BCUT2D eigenvalue weighted by atomic mass is 16.2. The average molecular weight is 854 g/mol. The molecule has 5 heterocycles. The van der Waals surface area contributed by atoms with E-state index in [0.717, 1.165) is 102 Å². The van der Waals surface area contributed by atoms with Gasteiger partial charge in [0.05, 0.1) is 29.2 Å². The molecule has 1 aliphatic rings. The van der Waals surface area contributed by atoms with E-state index < -0.39 is 0 Å². The molecule has 1 saturated heterocycles. The summed E-state index contributed by atoms with van der Waals surface area (Å²) in [5, 5.41) is 3.93. The lowest BCUT2D eigenvalue weighted by atomic mass is 9.97. The highest BCUT2D eigenvalue weighted by molar-refractivity contribution is 6.05. The molecule has 1 fully saturated rings. The number of hydrogen-bond acceptors (Lipinski definition) is 8. The van der Waals surface area contributed by atoms with Crippen molar-refractivity contribution in [2.24, 2.45) is 0 Å². The van der Waals surface area contributed by atoms with E-state index in [1.54, 1.807) is 18.5 Å². The molecule has 1 aliphatic heterocycles. The summed E-state index contributed by atoms with van der Waals surface area (Å²) in [6.07, 6.45) is 9.52. The van der Waals surface area contributed by atoms with Gasteiger partial charge in [0, 0.05) is 72.0 Å². The van der Waals surface area contributed by atoms with Crippen LogP contribution in [-0.4, -0.2) is 90.7 Å². The number of aryl methyl sites for hydroxylation is 2. The lowest BCUT2D eigenvalue weighted by Crippen LogP contribution is -2.48. The Kier molecular flexibility index (Phi) is 14.0. The van der Waals surface area contributed by atoms with Crippen molar-refractivity contribution in [1.82, 2.24) is 39.6 Å². The molecular formula is C53H59N9O2. The monoisotopic (exact) mass is 853 g/mol. The molecule has 2 atom stereocenters. The molecule has 2 amide bonds. The van der Waals surface area contributed by atoms with Crippen molar-refractivity contribution in [3.63, 3.8) is 0 Å². The number of carbonyl (C=O) groups is 2. The van der Waals surface area contributed by atoms with Crippen molar-refractivity contribution in [1.29, 1.82) is 0 Å². The molecule has 0 aliphatic carbocycles. The Bertz CT molecular complexity index is 2640. The van der Waals surface area contributed by atoms with Gasteiger partial charge in [-0.05, 0) is 130 Å². The third kappa shape index (κ3) is 9.66. The van der Waals surface area contributed by atoms with Crippen LogP contribution in [0, 0.1) is 20.8 Å². The first-order valence-electron chi connectivity index (χ1n) is 22.7. The maximum Gasteiger partial charge on any atom is 0.255 e. The molecule has 11 heteroatoms. The van der Waals surface area contributed by atoms with E-state index in [9.17, 15) is 9.59 Å². The quantitative estimate of drug-likeness (QED) is 0.0922. The van der Waals surface area contributed by atoms with Crippen LogP contribution >= 0.6 is 0 Å². The fraction of sp³-hybridized carbons (Fsp3) is 0.321. The van der Waals surface area contributed by atoms with E-state index in [2.05, 4.69) is 76.0 Å². The fourth-order valence-electron chi connectivity index (χ4n) is 9.29. The molecule has 0 bridgehead atoms. The zero-order valence-electron chi connectivity index (χ0n) is 37.7. The zero-order valence-corrected chi connectivity index (χ0v) is 37.7. The van der Waals surface area contributed by atoms with Crippen molar-refractivity contribution < 1.29 is 9.59 Å². The Hall–Kier alpha value is -6.56. The summed E-state index contributed by atoms with van der Waals surface area (Å²) < 4.78 is 0. The second-order valence-electron chi connectivity index (χ2n) is 16.9. The van der Waals surface area contributed by atoms with Crippen molar-refractivity contribution >= 4 is 28.5 Å². The Balaban J connectivity index is 0.873. The lowest BCUT2D eigenvalue weighted by Gasteiger charge is -2.38. The molecule has 64 heavy (non-hydrogen) atoms. The number of benzene rings is 3. The van der Waals surface area contributed by atoms with Gasteiger partial charge in [0.15, 0.2) is 0 Å². The highest BCUT2D eigenvalue weighted by Gasteiger charge is 2.30. The van der Waals surface area contributed by atoms with Crippen molar-refractivity contribution in [2.75, 3.05) is 44.6 Å². The molecule has 0 saturated carbocycles. The molecule has 8 rings (SSSR count). The van der Waals surface area contributed by atoms with Crippen molar-refractivity contribution in [3.05, 3.63) is 161 Å². The highest BCUT2D eigenvalue weighted by Crippen LogP contribution is 2.37. The third-order valence-electron chi connectivity index (χ3n) is 12.8. The summed E-state index contributed by atoms with van der Waals surface area (Å²) in [5.41, 5.74) is 11.9. The van der Waals surface area contributed by atoms with Gasteiger partial charge in [-0.2, -0.15) is 0 Å². The summed E-state index contributed by atoms with van der Waals surface area (Å²) in [4.78, 5) is 56.3. The molecule has 0 spiro atoms. The number of anilines is 1. The maximum absolute atomic E-state index is 13.7. The molecule has 7 aromatic rings. The van der Waals surface area contributed by atoms with Gasteiger partial charge in [-0.25, -0.2) is 9.97 Å². The second kappa shape index (κ2) is 20.3. The lowest BCUT2D eigenvalue weighted by molar-refractivity contribution is 0.0630. The first-order valence-corrected chi connectivity index (χ1v) is 22.7. The largest absolute Gasteiger partial charge is 0.339 e. The molecule has 0 radical (unpaired) electrons. The number of nitrogens with zero attached hydrogens (tertiary/aromatic N) is 7. The Morgan fingerprint density at radius 3 is 2.03 bits per heavy atom. The minimum absolute atomic E-state index is 0.0622. The number of nitrogens with one attached hydrogen (secondary N) is 2. The predicted molar refractivity (Wildman–Crippen MR) is 256 cm³/mol. The fourth-order valence-corrected chi connectivity index (χ4v) is 9.29. The Morgan fingerprint density at radius 1 is 0.719 bits per heavy atom. The van der Waals surface area contributed by atoms with Gasteiger partial charge in [0.25, 0.3) is 11.8 Å². The van der Waals surface area contributed by atoms with Crippen LogP contribution in [0.25, 0.3) is 33.5 Å². The van der Waals surface area contributed by atoms with Crippen LogP contribution in [-0.2, 0) is 0 Å². The number of hydrogen-bond donors (Lipinski definition) is 2. The van der Waals surface area contributed by atoms with E-state index in [1.807, 2.05) is 97.0 Å². The average Bonchev–Trinajstić information content (AvgIpc) is 3.78. The molecule has 3 aromatic carbocycles. The number of pyridine rings is 2. The van der Waals surface area contributed by atoms with Gasteiger partial charge in [-0.1, -0.05) is 68.4 Å². The number of carbonyl (C=O) groups excluding carboxylic acids is 2. The number of aromatic amines is 1. The van der Waals surface area contributed by atoms with Gasteiger partial charge in [0.1, 0.15) is 12.0 Å². The standard InChI is InChI=1S/C53H59N9O2/c1-6-46(48-36(3)16-14-26-54-48)62(47(7-2)49-37(4)17-15-27-55-49)29-12-11-28-60-30-32-61(33-31-60)53(64)41-24-22-39(23-25-41)45-34-43-50(56-35-57-51(43)58-45)42-20-13-21-44(38(42)5)59-52(63)40-18-9-8-10-19-40/h8-10,13-27,34-35,46-47H,6-7,11-12,28-33H2,1-5H3,(H,59,63)(H,56,57,58)/t46-,47+. The van der Waals surface area contributed by atoms with Gasteiger partial charge in [-0.3, -0.25) is 29.4 Å². The molecule has 11 nitrogen and oxygen atoms in total. The van der Waals surface area contributed by atoms with Crippen LogP contribution in [0.3, 0.4) is 0 Å². The van der Waals surface area contributed by atoms with E-state index in [1.165, 1.54) is 11.1 Å². The number of fused-ring (bicyclic) bond motifs is 1. The van der Waals surface area contributed by atoms with E-state index in [-0.39, 0.29) is 23.9 Å². The summed E-state index contributed by atoms with van der Waals surface area (Å²) in [5.74, 6) is -0.103. The van der Waals surface area contributed by atoms with Crippen LogP contribution in [0.5, 0.6) is 0 Å². The van der Waals surface area contributed by atoms with E-state index in [0.29, 0.717) is 29.9 Å². The summed E-state index contributed by atoms with van der Waals surface area (Å²) in [6, 6.07) is 33.7. The van der Waals surface area contributed by atoms with Gasteiger partial charge in [0.2, 0.25) is 0 Å². The SMILES string of the molecule is CC[C@H](c1ncccc1C)N(CCCCN1CCN(C(=O)c2ccc(-c3cc4c(-c5cccc(NC(=O)c6ccccc6)c5C)ncnc4[nH]3)cc2)CC1)[C@@H](CC)c1ncccc1C. The topological polar surface area (TPSA) is 123 Å². The Morgan fingerprint density at radius 2 is 1.39 bits per heavy atom. The van der Waals surface area contributed by atoms with Gasteiger partial charge >= 0.3 is 0 Å². The number of unbranched alkanes of at least 4 members (excludes halogenated alkanes) is 1. The first kappa shape index (κ1) is 44.1. The maximum atomic E-state index is 13.7. The molecular weight excluding hydrogens is 795 g/mol. The summed E-state index contributed by atoms with van der Waals surface area (Å²) in [6.45, 7) is 16.0. The van der Waals surface area contributed by atoms with Crippen molar-refractivity contribution in [2.45, 2.75) is 72.4 Å². The van der Waals surface area contributed by atoms with Crippen LogP contribution in [0.1, 0.15) is 100 Å². The third-order valence-corrected chi connectivity index (χ3v) is 12.8. The Labute approximate surface area is 377 Å². The molecule has 328 valence electrons. The minimum Gasteiger partial charge on any atom is -0.339 e. The van der Waals surface area contributed by atoms with Crippen LogP contribution < -0.4 is 5.32 Å². The van der Waals surface area contributed by atoms with Gasteiger partial charge in [-0.15, -0.1) is 0 Å². The predicted octanol–water partition coefficient (Wildman–Crippen LogP) is 10.4. The zero-order chi connectivity index (χ0) is 44.6. The summed E-state index contributed by atoms with van der Waals surface area (Å²) in [7, 11) is 0. The molecule has 2 N–H and O–H groups in total. The molecule has 4 aromatic heterocycles. The van der Waals surface area contributed by atoms with Crippen LogP contribution in [0.2, 0.25) is 0 Å². The smallest absolute Gasteiger partial charge is 0.255 e. The van der Waals surface area contributed by atoms with E-state index >= 15 is 0 Å². The number of rotatable bonds is 16. The normalized spacial score (nSPS) is 14.2. The van der Waals surface area contributed by atoms with Crippen LogP contribution in [0.4, 0.5) is 5.69 Å². The number of amides is 2. The second-order valence-corrected chi connectivity index (χ2v) is 16.9. The minimum atomic E-state index is -0.165. The summed E-state index contributed by atoms with van der Waals surface area (Å²) >= 11 is 0.